The smallest absolute Gasteiger partial charge is 0.259 e. The third-order valence-electron chi connectivity index (χ3n) is 6.13. The van der Waals surface area contributed by atoms with Crippen molar-refractivity contribution in [3.8, 4) is 0 Å². The first kappa shape index (κ1) is 23.4. The van der Waals surface area contributed by atoms with Gasteiger partial charge in [0.2, 0.25) is 0 Å². The molecule has 9 heteroatoms. The van der Waals surface area contributed by atoms with Gasteiger partial charge in [0.1, 0.15) is 0 Å². The summed E-state index contributed by atoms with van der Waals surface area (Å²) in [6.07, 6.45) is 3.31. The van der Waals surface area contributed by atoms with E-state index in [-0.39, 0.29) is 23.5 Å². The van der Waals surface area contributed by atoms with Crippen molar-refractivity contribution in [2.75, 3.05) is 18.4 Å². The number of nitrogens with one attached hydrogen (secondary N) is 1. The van der Waals surface area contributed by atoms with Gasteiger partial charge in [-0.1, -0.05) is 25.9 Å². The predicted octanol–water partition coefficient (Wildman–Crippen LogP) is 5.01. The SMILES string of the molecule is CC1CN(Cc2csc(NC(=O)c3cc(C4CC4)nc4onc(CC(C)(C)C)c34)n2)CC(C)O1. The molecule has 1 amide bonds. The molecule has 2 atom stereocenters. The molecule has 1 saturated carbocycles. The van der Waals surface area contributed by atoms with Crippen LogP contribution in [-0.2, 0) is 17.7 Å². The highest BCUT2D eigenvalue weighted by Crippen LogP contribution is 2.41. The molecule has 1 saturated heterocycles. The van der Waals surface area contributed by atoms with Gasteiger partial charge in [-0.15, -0.1) is 11.3 Å². The van der Waals surface area contributed by atoms with Crippen LogP contribution in [-0.4, -0.2) is 51.2 Å². The summed E-state index contributed by atoms with van der Waals surface area (Å²) in [6, 6.07) is 1.92. The second-order valence-corrected chi connectivity index (χ2v) is 11.8. The first-order valence-corrected chi connectivity index (χ1v) is 13.0. The number of rotatable bonds is 6. The minimum atomic E-state index is -0.192. The van der Waals surface area contributed by atoms with E-state index in [0.717, 1.165) is 49.6 Å². The van der Waals surface area contributed by atoms with E-state index < -0.39 is 0 Å². The van der Waals surface area contributed by atoms with Crippen LogP contribution in [0.3, 0.4) is 0 Å². The van der Waals surface area contributed by atoms with Crippen LogP contribution in [0.25, 0.3) is 11.1 Å². The van der Waals surface area contributed by atoms with E-state index in [9.17, 15) is 4.79 Å². The number of hydrogen-bond donors (Lipinski definition) is 1. The van der Waals surface area contributed by atoms with Crippen molar-refractivity contribution in [1.82, 2.24) is 20.0 Å². The number of thiazole rings is 1. The number of nitrogens with zero attached hydrogens (tertiary/aromatic N) is 4. The summed E-state index contributed by atoms with van der Waals surface area (Å²) in [5.41, 5.74) is 3.66. The maximum atomic E-state index is 13.5. The van der Waals surface area contributed by atoms with Crippen LogP contribution in [0.15, 0.2) is 16.0 Å². The molecule has 0 spiro atoms. The Morgan fingerprint density at radius 1 is 1.21 bits per heavy atom. The van der Waals surface area contributed by atoms with Gasteiger partial charge < -0.3 is 9.26 Å². The Balaban J connectivity index is 1.37. The maximum absolute atomic E-state index is 13.5. The molecule has 3 aromatic rings. The van der Waals surface area contributed by atoms with E-state index in [1.807, 2.05) is 11.4 Å². The molecule has 2 unspecified atom stereocenters. The fourth-order valence-corrected chi connectivity index (χ4v) is 5.36. The fourth-order valence-electron chi connectivity index (χ4n) is 4.66. The van der Waals surface area contributed by atoms with Gasteiger partial charge in [0.05, 0.1) is 34.5 Å². The Hall–Kier alpha value is -2.36. The van der Waals surface area contributed by atoms with Gasteiger partial charge >= 0.3 is 0 Å². The molecule has 8 nitrogen and oxygen atoms in total. The molecule has 5 rings (SSSR count). The van der Waals surface area contributed by atoms with Crippen LogP contribution in [0.4, 0.5) is 5.13 Å². The zero-order valence-electron chi connectivity index (χ0n) is 20.6. The van der Waals surface area contributed by atoms with Gasteiger partial charge in [0, 0.05) is 36.6 Å². The Bertz CT molecular complexity index is 1180. The second-order valence-electron chi connectivity index (χ2n) is 11.0. The van der Waals surface area contributed by atoms with Crippen LogP contribution in [0, 0.1) is 5.41 Å². The van der Waals surface area contributed by atoms with Crippen LogP contribution in [0.2, 0.25) is 0 Å². The van der Waals surface area contributed by atoms with Gasteiger partial charge in [-0.2, -0.15) is 0 Å². The quantitative estimate of drug-likeness (QED) is 0.527. The molecular formula is C25H33N5O3S. The zero-order chi connectivity index (χ0) is 24.0. The molecule has 1 aliphatic carbocycles. The Morgan fingerprint density at radius 2 is 1.94 bits per heavy atom. The Labute approximate surface area is 204 Å². The summed E-state index contributed by atoms with van der Waals surface area (Å²) < 4.78 is 11.4. The number of carbonyl (C=O) groups is 1. The standard InChI is InChI=1S/C25H33N5O3S/c1-14-10-30(11-15(2)32-14)12-17-13-34-24(26-17)28-22(31)18-8-19(16-6-7-16)27-23-21(18)20(29-33-23)9-25(3,4)5/h8,13-16H,6-7,9-12H2,1-5H3,(H,26,28,31). The Kier molecular flexibility index (Phi) is 6.20. The summed E-state index contributed by atoms with van der Waals surface area (Å²) in [5, 5.41) is 10.6. The number of ether oxygens (including phenoxy) is 1. The van der Waals surface area contributed by atoms with Crippen molar-refractivity contribution in [1.29, 1.82) is 0 Å². The van der Waals surface area contributed by atoms with E-state index in [4.69, 9.17) is 9.26 Å². The van der Waals surface area contributed by atoms with Gasteiger partial charge in [-0.3, -0.25) is 15.0 Å². The first-order valence-electron chi connectivity index (χ1n) is 12.1. The zero-order valence-corrected chi connectivity index (χ0v) is 21.4. The molecule has 34 heavy (non-hydrogen) atoms. The first-order chi connectivity index (χ1) is 16.1. The molecule has 2 fully saturated rings. The highest BCUT2D eigenvalue weighted by atomic mass is 32.1. The molecule has 182 valence electrons. The number of aromatic nitrogens is 3. The van der Waals surface area contributed by atoms with Crippen LogP contribution in [0.5, 0.6) is 0 Å². The van der Waals surface area contributed by atoms with Crippen molar-refractivity contribution in [2.24, 2.45) is 5.41 Å². The number of carbonyl (C=O) groups excluding carboxylic acids is 1. The van der Waals surface area contributed by atoms with Gasteiger partial charge in [0.25, 0.3) is 11.6 Å². The molecule has 4 heterocycles. The van der Waals surface area contributed by atoms with E-state index in [0.29, 0.717) is 34.1 Å². The van der Waals surface area contributed by atoms with Crippen molar-refractivity contribution in [3.05, 3.63) is 34.1 Å². The van der Waals surface area contributed by atoms with E-state index in [1.54, 1.807) is 0 Å². The minimum Gasteiger partial charge on any atom is -0.373 e. The summed E-state index contributed by atoms with van der Waals surface area (Å²) in [6.45, 7) is 13.1. The molecule has 1 aliphatic heterocycles. The van der Waals surface area contributed by atoms with Crippen LogP contribution in [0.1, 0.15) is 80.8 Å². The van der Waals surface area contributed by atoms with Crippen molar-refractivity contribution >= 4 is 33.5 Å². The fraction of sp³-hybridized carbons (Fsp3) is 0.600. The average Bonchev–Trinajstić information content (AvgIpc) is 3.39. The molecule has 2 aliphatic rings. The van der Waals surface area contributed by atoms with Crippen molar-refractivity contribution in [3.63, 3.8) is 0 Å². The molecule has 0 radical (unpaired) electrons. The molecule has 0 bridgehead atoms. The number of hydrogen-bond acceptors (Lipinski definition) is 8. The minimum absolute atomic E-state index is 0.00537. The number of fused-ring (bicyclic) bond motifs is 1. The number of pyridine rings is 1. The highest BCUT2D eigenvalue weighted by molar-refractivity contribution is 7.14. The summed E-state index contributed by atoms with van der Waals surface area (Å²) in [7, 11) is 0. The van der Waals surface area contributed by atoms with Crippen molar-refractivity contribution < 1.29 is 14.1 Å². The predicted molar refractivity (Wildman–Crippen MR) is 132 cm³/mol. The highest BCUT2D eigenvalue weighted by Gasteiger charge is 2.30. The lowest BCUT2D eigenvalue weighted by Crippen LogP contribution is -2.44. The monoisotopic (exact) mass is 483 g/mol. The van der Waals surface area contributed by atoms with E-state index >= 15 is 0 Å². The number of anilines is 1. The normalized spacial score (nSPS) is 21.8. The summed E-state index contributed by atoms with van der Waals surface area (Å²) >= 11 is 1.45. The topological polar surface area (TPSA) is 93.4 Å². The molecule has 3 aromatic heterocycles. The molecule has 0 aromatic carbocycles. The lowest BCUT2D eigenvalue weighted by Gasteiger charge is -2.34. The third kappa shape index (κ3) is 5.31. The second kappa shape index (κ2) is 9.02. The lowest BCUT2D eigenvalue weighted by atomic mass is 9.89. The Morgan fingerprint density at radius 3 is 2.62 bits per heavy atom. The van der Waals surface area contributed by atoms with Gasteiger partial charge in [-0.25, -0.2) is 9.97 Å². The third-order valence-corrected chi connectivity index (χ3v) is 6.93. The van der Waals surface area contributed by atoms with E-state index in [2.05, 4.69) is 60.0 Å². The number of morpholine rings is 1. The van der Waals surface area contributed by atoms with Crippen LogP contribution >= 0.6 is 11.3 Å². The van der Waals surface area contributed by atoms with Crippen LogP contribution < -0.4 is 5.32 Å². The molecule has 1 N–H and O–H groups in total. The summed E-state index contributed by atoms with van der Waals surface area (Å²) in [4.78, 5) is 25.2. The maximum Gasteiger partial charge on any atom is 0.259 e. The largest absolute Gasteiger partial charge is 0.373 e. The average molecular weight is 484 g/mol. The lowest BCUT2D eigenvalue weighted by molar-refractivity contribution is -0.0707. The van der Waals surface area contributed by atoms with Gasteiger partial charge in [-0.05, 0) is 44.6 Å². The van der Waals surface area contributed by atoms with Gasteiger partial charge in [0.15, 0.2) is 5.13 Å². The van der Waals surface area contributed by atoms with E-state index in [1.165, 1.54) is 11.3 Å². The molecular weight excluding hydrogens is 450 g/mol. The summed E-state index contributed by atoms with van der Waals surface area (Å²) in [5.74, 6) is 0.207. The number of amides is 1. The van der Waals surface area contributed by atoms with Crippen molar-refractivity contribution in [2.45, 2.75) is 78.6 Å².